The van der Waals surface area contributed by atoms with Crippen LogP contribution in [0.5, 0.6) is 0 Å². The van der Waals surface area contributed by atoms with Crippen LogP contribution in [0.4, 0.5) is 0 Å². The number of carbonyl (C=O) groups is 1. The molecule has 0 spiro atoms. The van der Waals surface area contributed by atoms with Crippen molar-refractivity contribution in [3.63, 3.8) is 0 Å². The highest BCUT2D eigenvalue weighted by Crippen LogP contribution is 2.23. The molecular weight excluding hydrogens is 326 g/mol. The highest BCUT2D eigenvalue weighted by molar-refractivity contribution is 9.10. The number of aromatic nitrogens is 1. The first-order valence-corrected chi connectivity index (χ1v) is 7.67. The molecule has 19 heavy (non-hydrogen) atoms. The van der Waals surface area contributed by atoms with Crippen molar-refractivity contribution in [1.29, 1.82) is 0 Å². The van der Waals surface area contributed by atoms with Crippen molar-refractivity contribution in [3.8, 4) is 0 Å². The van der Waals surface area contributed by atoms with E-state index < -0.39 is 5.97 Å². The lowest BCUT2D eigenvalue weighted by Gasteiger charge is -1.98. The molecule has 0 bridgehead atoms. The highest BCUT2D eigenvalue weighted by atomic mass is 79.9. The van der Waals surface area contributed by atoms with Gasteiger partial charge >= 0.3 is 5.97 Å². The van der Waals surface area contributed by atoms with Crippen LogP contribution in [0.1, 0.15) is 39.3 Å². The van der Waals surface area contributed by atoms with E-state index in [1.54, 1.807) is 0 Å². The Labute approximate surface area is 124 Å². The Morgan fingerprint density at radius 3 is 2.89 bits per heavy atom. The summed E-state index contributed by atoms with van der Waals surface area (Å²) in [7, 11) is 0. The quantitative estimate of drug-likeness (QED) is 0.890. The summed E-state index contributed by atoms with van der Waals surface area (Å²) in [6.07, 6.45) is 2.30. The van der Waals surface area contributed by atoms with Gasteiger partial charge in [-0.25, -0.2) is 9.78 Å². The molecule has 0 aliphatic rings. The lowest BCUT2D eigenvalue weighted by Crippen LogP contribution is -1.98. The molecule has 0 fully saturated rings. The second kappa shape index (κ2) is 6.30. The lowest BCUT2D eigenvalue weighted by atomic mass is 10.1. The summed E-state index contributed by atoms with van der Waals surface area (Å²) < 4.78 is 1.02. The van der Waals surface area contributed by atoms with E-state index in [-0.39, 0.29) is 0 Å². The van der Waals surface area contributed by atoms with Crippen molar-refractivity contribution in [2.75, 3.05) is 0 Å². The topological polar surface area (TPSA) is 50.2 Å². The molecule has 3 nitrogen and oxygen atoms in total. The van der Waals surface area contributed by atoms with E-state index in [9.17, 15) is 9.90 Å². The van der Waals surface area contributed by atoms with E-state index in [2.05, 4.69) is 20.9 Å². The van der Waals surface area contributed by atoms with Crippen LogP contribution in [0.15, 0.2) is 28.7 Å². The normalized spacial score (nSPS) is 10.6. The number of benzene rings is 1. The average Bonchev–Trinajstić information content (AvgIpc) is 2.73. The molecule has 0 aliphatic carbocycles. The number of thiazole rings is 1. The van der Waals surface area contributed by atoms with Gasteiger partial charge in [0.15, 0.2) is 0 Å². The summed E-state index contributed by atoms with van der Waals surface area (Å²) in [5.74, 6) is -0.874. The van der Waals surface area contributed by atoms with Crippen LogP contribution in [-0.4, -0.2) is 16.1 Å². The molecule has 0 unspecified atom stereocenters. The summed E-state index contributed by atoms with van der Waals surface area (Å²) in [5.41, 5.74) is 1.84. The Morgan fingerprint density at radius 1 is 1.47 bits per heavy atom. The van der Waals surface area contributed by atoms with Gasteiger partial charge in [0, 0.05) is 10.9 Å². The zero-order chi connectivity index (χ0) is 13.8. The first-order chi connectivity index (χ1) is 9.10. The van der Waals surface area contributed by atoms with E-state index in [0.29, 0.717) is 17.0 Å². The molecule has 0 atom stereocenters. The van der Waals surface area contributed by atoms with Crippen LogP contribution in [0, 0.1) is 0 Å². The molecule has 2 aromatic rings. The van der Waals surface area contributed by atoms with Gasteiger partial charge in [-0.15, -0.1) is 11.3 Å². The van der Waals surface area contributed by atoms with Crippen LogP contribution in [0.2, 0.25) is 0 Å². The van der Waals surface area contributed by atoms with E-state index in [1.165, 1.54) is 11.3 Å². The predicted octanol–water partition coefficient (Wildman–Crippen LogP) is 4.15. The largest absolute Gasteiger partial charge is 0.477 e. The Hall–Kier alpha value is -1.20. The number of rotatable bonds is 5. The van der Waals surface area contributed by atoms with Crippen LogP contribution in [0.3, 0.4) is 0 Å². The van der Waals surface area contributed by atoms with Crippen molar-refractivity contribution >= 4 is 33.2 Å². The van der Waals surface area contributed by atoms with Gasteiger partial charge in [0.05, 0.1) is 10.7 Å². The molecule has 5 heteroatoms. The monoisotopic (exact) mass is 339 g/mol. The fourth-order valence-electron chi connectivity index (χ4n) is 1.87. The molecule has 1 aromatic carbocycles. The Morgan fingerprint density at radius 2 is 2.26 bits per heavy atom. The molecule has 1 N–H and O–H groups in total. The van der Waals surface area contributed by atoms with Gasteiger partial charge in [-0.05, 0) is 24.1 Å². The van der Waals surface area contributed by atoms with Gasteiger partial charge < -0.3 is 5.11 Å². The number of carboxylic acids is 1. The lowest BCUT2D eigenvalue weighted by molar-refractivity contribution is 0.0700. The average molecular weight is 340 g/mol. The molecule has 1 aromatic heterocycles. The Kier molecular flexibility index (Phi) is 4.71. The number of halogens is 1. The molecular formula is C14H14BrNO2S. The van der Waals surface area contributed by atoms with Crippen molar-refractivity contribution < 1.29 is 9.90 Å². The molecule has 0 saturated carbocycles. The predicted molar refractivity (Wildman–Crippen MR) is 80.0 cm³/mol. The van der Waals surface area contributed by atoms with Crippen LogP contribution in [-0.2, 0) is 12.8 Å². The van der Waals surface area contributed by atoms with Gasteiger partial charge in [-0.2, -0.15) is 0 Å². The first kappa shape index (κ1) is 14.2. The van der Waals surface area contributed by atoms with Crippen molar-refractivity contribution in [3.05, 3.63) is 49.9 Å². The summed E-state index contributed by atoms with van der Waals surface area (Å²) in [5, 5.41) is 10.0. The van der Waals surface area contributed by atoms with Crippen LogP contribution < -0.4 is 0 Å². The fraction of sp³-hybridized carbons (Fsp3) is 0.286. The Balaban J connectivity index is 2.25. The maximum atomic E-state index is 11.2. The number of hydrogen-bond donors (Lipinski definition) is 1. The maximum absolute atomic E-state index is 11.2. The molecule has 100 valence electrons. The molecule has 0 amide bonds. The summed E-state index contributed by atoms with van der Waals surface area (Å²) in [6.45, 7) is 2.03. The van der Waals surface area contributed by atoms with Gasteiger partial charge in [-0.3, -0.25) is 0 Å². The number of aromatic carboxylic acids is 1. The summed E-state index contributed by atoms with van der Waals surface area (Å²) >= 11 is 4.71. The van der Waals surface area contributed by atoms with Crippen molar-refractivity contribution in [1.82, 2.24) is 4.98 Å². The SMILES string of the molecule is CCCc1nc(Cc2cccc(Br)c2)sc1C(=O)O. The number of aryl methyl sites for hydroxylation is 1. The molecule has 1 heterocycles. The minimum absolute atomic E-state index is 0.381. The van der Waals surface area contributed by atoms with Crippen LogP contribution >= 0.6 is 27.3 Å². The van der Waals surface area contributed by atoms with E-state index in [1.807, 2.05) is 31.2 Å². The summed E-state index contributed by atoms with van der Waals surface area (Å²) in [4.78, 5) is 16.0. The van der Waals surface area contributed by atoms with Crippen LogP contribution in [0.25, 0.3) is 0 Å². The third-order valence-corrected chi connectivity index (χ3v) is 4.25. The zero-order valence-electron chi connectivity index (χ0n) is 10.5. The minimum atomic E-state index is -0.874. The van der Waals surface area contributed by atoms with Gasteiger partial charge in [0.1, 0.15) is 4.88 Å². The van der Waals surface area contributed by atoms with E-state index in [0.717, 1.165) is 27.9 Å². The number of hydrogen-bond acceptors (Lipinski definition) is 3. The second-order valence-electron chi connectivity index (χ2n) is 4.25. The minimum Gasteiger partial charge on any atom is -0.477 e. The standard InChI is InChI=1S/C14H14BrNO2S/c1-2-4-11-13(14(17)18)19-12(16-11)8-9-5-3-6-10(15)7-9/h3,5-7H,2,4,8H2,1H3,(H,17,18). The van der Waals surface area contributed by atoms with Crippen molar-refractivity contribution in [2.24, 2.45) is 0 Å². The number of carboxylic acid groups (broad SMARTS) is 1. The van der Waals surface area contributed by atoms with E-state index in [4.69, 9.17) is 0 Å². The Bertz CT molecular complexity index is 595. The fourth-order valence-corrected chi connectivity index (χ4v) is 3.30. The molecule has 0 aliphatic heterocycles. The molecule has 0 saturated heterocycles. The highest BCUT2D eigenvalue weighted by Gasteiger charge is 2.16. The van der Waals surface area contributed by atoms with Gasteiger partial charge in [0.2, 0.25) is 0 Å². The third-order valence-electron chi connectivity index (χ3n) is 2.67. The van der Waals surface area contributed by atoms with Gasteiger partial charge in [-0.1, -0.05) is 41.4 Å². The molecule has 2 rings (SSSR count). The zero-order valence-corrected chi connectivity index (χ0v) is 12.9. The third kappa shape index (κ3) is 3.64. The maximum Gasteiger partial charge on any atom is 0.347 e. The van der Waals surface area contributed by atoms with E-state index >= 15 is 0 Å². The number of nitrogens with zero attached hydrogens (tertiary/aromatic N) is 1. The first-order valence-electron chi connectivity index (χ1n) is 6.06. The van der Waals surface area contributed by atoms with Gasteiger partial charge in [0.25, 0.3) is 0 Å². The molecule has 0 radical (unpaired) electrons. The summed E-state index contributed by atoms with van der Waals surface area (Å²) in [6, 6.07) is 7.99. The second-order valence-corrected chi connectivity index (χ2v) is 6.24. The van der Waals surface area contributed by atoms with Crippen molar-refractivity contribution in [2.45, 2.75) is 26.2 Å². The smallest absolute Gasteiger partial charge is 0.347 e.